The van der Waals surface area contributed by atoms with Crippen molar-refractivity contribution in [2.45, 2.75) is 30.6 Å². The van der Waals surface area contributed by atoms with E-state index in [1.807, 2.05) is 0 Å². The van der Waals surface area contributed by atoms with Gasteiger partial charge in [0.2, 0.25) is 0 Å². The van der Waals surface area contributed by atoms with Crippen LogP contribution in [-0.2, 0) is 5.41 Å². The van der Waals surface area contributed by atoms with Gasteiger partial charge in [0, 0.05) is 10.8 Å². The number of hydrogen-bond donors (Lipinski definition) is 1. The van der Waals surface area contributed by atoms with Gasteiger partial charge in [0.1, 0.15) is 0 Å². The Morgan fingerprint density at radius 3 is 2.79 bits per heavy atom. The van der Waals surface area contributed by atoms with Crippen LogP contribution in [0.4, 0.5) is 0 Å². The molecule has 0 aliphatic heterocycles. The SMILES string of the molecule is OC[C@@]12C[C@@H]1c1ccccc1C21CC1. The molecule has 1 aromatic rings. The minimum Gasteiger partial charge on any atom is -0.396 e. The van der Waals surface area contributed by atoms with Crippen molar-refractivity contribution in [2.75, 3.05) is 6.61 Å². The van der Waals surface area contributed by atoms with Crippen molar-refractivity contribution in [1.82, 2.24) is 0 Å². The van der Waals surface area contributed by atoms with Crippen molar-refractivity contribution in [3.63, 3.8) is 0 Å². The van der Waals surface area contributed by atoms with Gasteiger partial charge in [-0.15, -0.1) is 0 Å². The van der Waals surface area contributed by atoms with E-state index in [4.69, 9.17) is 0 Å². The van der Waals surface area contributed by atoms with Gasteiger partial charge in [-0.2, -0.15) is 0 Å². The largest absolute Gasteiger partial charge is 0.396 e. The van der Waals surface area contributed by atoms with Crippen LogP contribution in [0.5, 0.6) is 0 Å². The van der Waals surface area contributed by atoms with Gasteiger partial charge in [-0.25, -0.2) is 0 Å². The summed E-state index contributed by atoms with van der Waals surface area (Å²) in [6.45, 7) is 0.395. The van der Waals surface area contributed by atoms with Gasteiger partial charge >= 0.3 is 0 Å². The van der Waals surface area contributed by atoms with Gasteiger partial charge in [-0.3, -0.25) is 0 Å². The molecule has 0 amide bonds. The van der Waals surface area contributed by atoms with E-state index in [0.29, 0.717) is 17.9 Å². The number of fused-ring (bicyclic) bond motifs is 5. The van der Waals surface area contributed by atoms with Crippen LogP contribution in [0.3, 0.4) is 0 Å². The molecule has 1 nitrogen and oxygen atoms in total. The summed E-state index contributed by atoms with van der Waals surface area (Å²) in [6, 6.07) is 8.84. The molecule has 2 saturated carbocycles. The molecule has 0 saturated heterocycles. The second-order valence-electron chi connectivity index (χ2n) is 5.24. The lowest BCUT2D eigenvalue weighted by molar-refractivity contribution is 0.179. The fourth-order valence-corrected chi connectivity index (χ4v) is 3.97. The highest BCUT2D eigenvalue weighted by Crippen LogP contribution is 2.82. The molecule has 2 fully saturated rings. The van der Waals surface area contributed by atoms with E-state index in [0.717, 1.165) is 0 Å². The molecule has 1 heteroatoms. The number of aliphatic hydroxyl groups is 1. The van der Waals surface area contributed by atoms with Crippen LogP contribution >= 0.6 is 0 Å². The normalized spacial score (nSPS) is 39.4. The Hall–Kier alpha value is -0.820. The molecule has 0 aromatic heterocycles. The van der Waals surface area contributed by atoms with Crippen LogP contribution in [0.15, 0.2) is 24.3 Å². The number of rotatable bonds is 1. The Bertz CT molecular complexity index is 419. The van der Waals surface area contributed by atoms with Crippen LogP contribution in [0.25, 0.3) is 0 Å². The van der Waals surface area contributed by atoms with Crippen molar-refractivity contribution in [2.24, 2.45) is 5.41 Å². The summed E-state index contributed by atoms with van der Waals surface area (Å²) in [5.74, 6) is 0.686. The monoisotopic (exact) mass is 186 g/mol. The highest BCUT2D eigenvalue weighted by atomic mass is 16.3. The predicted octanol–water partition coefficient (Wildman–Crippen LogP) is 2.20. The van der Waals surface area contributed by atoms with Crippen LogP contribution < -0.4 is 0 Å². The first-order valence-corrected chi connectivity index (χ1v) is 5.54. The fraction of sp³-hybridized carbons (Fsp3) is 0.538. The van der Waals surface area contributed by atoms with Gasteiger partial charge in [0.05, 0.1) is 6.61 Å². The average molecular weight is 186 g/mol. The summed E-state index contributed by atoms with van der Waals surface area (Å²) in [5.41, 5.74) is 3.78. The molecule has 0 heterocycles. The Kier molecular flexibility index (Phi) is 1.02. The first-order valence-electron chi connectivity index (χ1n) is 5.54. The molecule has 4 rings (SSSR count). The number of benzene rings is 1. The smallest absolute Gasteiger partial charge is 0.0502 e. The van der Waals surface area contributed by atoms with Crippen LogP contribution in [0.2, 0.25) is 0 Å². The molecule has 0 unspecified atom stereocenters. The zero-order chi connectivity index (χ0) is 9.39. The van der Waals surface area contributed by atoms with Crippen molar-refractivity contribution < 1.29 is 5.11 Å². The van der Waals surface area contributed by atoms with Crippen molar-refractivity contribution in [1.29, 1.82) is 0 Å². The second-order valence-corrected chi connectivity index (χ2v) is 5.24. The third kappa shape index (κ3) is 0.543. The standard InChI is InChI=1S/C13H14O/c14-8-13-7-11(13)9-3-1-2-4-10(9)12(13)5-6-12/h1-4,11,14H,5-8H2/t11-,13+/m1/s1. The molecule has 3 aliphatic rings. The molecule has 72 valence electrons. The summed E-state index contributed by atoms with van der Waals surface area (Å²) in [7, 11) is 0. The molecule has 0 radical (unpaired) electrons. The maximum absolute atomic E-state index is 9.61. The minimum atomic E-state index is 0.274. The molecule has 1 N–H and O–H groups in total. The summed E-state index contributed by atoms with van der Waals surface area (Å²) in [5, 5.41) is 9.61. The third-order valence-electron chi connectivity index (χ3n) is 4.91. The molecule has 14 heavy (non-hydrogen) atoms. The highest BCUT2D eigenvalue weighted by molar-refractivity contribution is 5.56. The Morgan fingerprint density at radius 1 is 1.29 bits per heavy atom. The molecule has 0 bridgehead atoms. The Labute approximate surface area is 83.8 Å². The predicted molar refractivity (Wildman–Crippen MR) is 54.2 cm³/mol. The molecule has 1 aromatic carbocycles. The lowest BCUT2D eigenvalue weighted by atomic mass is 9.84. The third-order valence-corrected chi connectivity index (χ3v) is 4.91. The van der Waals surface area contributed by atoms with Gasteiger partial charge in [0.25, 0.3) is 0 Å². The van der Waals surface area contributed by atoms with E-state index in [-0.39, 0.29) is 5.41 Å². The summed E-state index contributed by atoms with van der Waals surface area (Å²) >= 11 is 0. The number of hydrogen-bond acceptors (Lipinski definition) is 1. The van der Waals surface area contributed by atoms with E-state index >= 15 is 0 Å². The van der Waals surface area contributed by atoms with Crippen molar-refractivity contribution in [3.05, 3.63) is 35.4 Å². The second kappa shape index (κ2) is 1.92. The maximum atomic E-state index is 9.61. The maximum Gasteiger partial charge on any atom is 0.0502 e. The topological polar surface area (TPSA) is 20.2 Å². The first kappa shape index (κ1) is 7.47. The number of aliphatic hydroxyl groups excluding tert-OH is 1. The fourth-order valence-electron chi connectivity index (χ4n) is 3.97. The summed E-state index contributed by atoms with van der Waals surface area (Å²) in [6.07, 6.45) is 3.85. The van der Waals surface area contributed by atoms with E-state index in [9.17, 15) is 5.11 Å². The van der Waals surface area contributed by atoms with Gasteiger partial charge < -0.3 is 5.11 Å². The average Bonchev–Trinajstić information content (AvgIpc) is 3.10. The highest BCUT2D eigenvalue weighted by Gasteiger charge is 2.76. The lowest BCUT2D eigenvalue weighted by Gasteiger charge is -2.21. The zero-order valence-electron chi connectivity index (χ0n) is 8.16. The van der Waals surface area contributed by atoms with Crippen LogP contribution in [0.1, 0.15) is 36.3 Å². The van der Waals surface area contributed by atoms with Crippen molar-refractivity contribution >= 4 is 0 Å². The Morgan fingerprint density at radius 2 is 2.07 bits per heavy atom. The van der Waals surface area contributed by atoms with E-state index in [1.54, 1.807) is 11.1 Å². The minimum absolute atomic E-state index is 0.274. The van der Waals surface area contributed by atoms with Gasteiger partial charge in [0.15, 0.2) is 0 Å². The summed E-state index contributed by atoms with van der Waals surface area (Å²) < 4.78 is 0. The molecular formula is C13H14O. The molecule has 2 atom stereocenters. The van der Waals surface area contributed by atoms with Gasteiger partial charge in [-0.1, -0.05) is 24.3 Å². The quantitative estimate of drug-likeness (QED) is 0.713. The zero-order valence-corrected chi connectivity index (χ0v) is 8.16. The van der Waals surface area contributed by atoms with E-state index in [2.05, 4.69) is 24.3 Å². The van der Waals surface area contributed by atoms with Gasteiger partial charge in [-0.05, 0) is 36.3 Å². The van der Waals surface area contributed by atoms with E-state index < -0.39 is 0 Å². The van der Waals surface area contributed by atoms with E-state index in [1.165, 1.54) is 19.3 Å². The summed E-state index contributed by atoms with van der Waals surface area (Å²) in [4.78, 5) is 0. The van der Waals surface area contributed by atoms with Crippen LogP contribution in [0, 0.1) is 5.41 Å². The lowest BCUT2D eigenvalue weighted by Crippen LogP contribution is -2.22. The Balaban J connectivity index is 1.98. The molecule has 3 aliphatic carbocycles. The molecular weight excluding hydrogens is 172 g/mol. The van der Waals surface area contributed by atoms with Crippen molar-refractivity contribution in [3.8, 4) is 0 Å². The molecule has 1 spiro atoms. The first-order chi connectivity index (χ1) is 6.84. The van der Waals surface area contributed by atoms with Crippen LogP contribution in [-0.4, -0.2) is 11.7 Å².